The number of rotatable bonds is 4. The Morgan fingerprint density at radius 3 is 2.68 bits per heavy atom. The summed E-state index contributed by atoms with van der Waals surface area (Å²) in [5, 5.41) is 7.59. The van der Waals surface area contributed by atoms with E-state index >= 15 is 0 Å². The zero-order chi connectivity index (χ0) is 14.7. The maximum atomic E-state index is 4.89. The molecule has 1 saturated carbocycles. The summed E-state index contributed by atoms with van der Waals surface area (Å²) >= 11 is 0. The Hall–Kier alpha value is -0.830. The molecule has 1 aliphatic heterocycles. The maximum Gasteiger partial charge on any atom is 0.194 e. The van der Waals surface area contributed by atoms with E-state index in [4.69, 9.17) is 4.52 Å². The zero-order valence-corrected chi connectivity index (χ0v) is 15.7. The van der Waals surface area contributed by atoms with Crippen molar-refractivity contribution >= 4 is 29.9 Å². The lowest BCUT2D eigenvalue weighted by atomic mass is 10.3. The Morgan fingerprint density at radius 1 is 1.41 bits per heavy atom. The molecule has 2 aliphatic rings. The van der Waals surface area contributed by atoms with E-state index in [0.29, 0.717) is 6.04 Å². The number of hydrogen-bond donors (Lipinski definition) is 1. The minimum absolute atomic E-state index is 0. The van der Waals surface area contributed by atoms with E-state index in [2.05, 4.69) is 39.1 Å². The lowest BCUT2D eigenvalue weighted by Crippen LogP contribution is -2.52. The van der Waals surface area contributed by atoms with Crippen molar-refractivity contribution in [2.45, 2.75) is 32.9 Å². The number of nitrogens with one attached hydrogen (secondary N) is 1. The summed E-state index contributed by atoms with van der Waals surface area (Å²) in [4.78, 5) is 9.45. The molecule has 0 amide bonds. The molecule has 2 fully saturated rings. The molecular formula is C15H26IN5O. The van der Waals surface area contributed by atoms with Gasteiger partial charge in [-0.05, 0) is 19.3 Å². The molecule has 0 aromatic carbocycles. The van der Waals surface area contributed by atoms with Crippen molar-refractivity contribution in [3.05, 3.63) is 18.0 Å². The predicted octanol–water partition coefficient (Wildman–Crippen LogP) is 1.78. The number of guanidine groups is 1. The van der Waals surface area contributed by atoms with Gasteiger partial charge < -0.3 is 14.7 Å². The minimum Gasteiger partial charge on any atom is -0.364 e. The minimum atomic E-state index is 0. The number of aliphatic imine (C=N–C) groups is 1. The first-order chi connectivity index (χ1) is 10.3. The first-order valence-electron chi connectivity index (χ1n) is 7.93. The summed E-state index contributed by atoms with van der Waals surface area (Å²) in [5.41, 5.74) is 1.01. The largest absolute Gasteiger partial charge is 0.364 e. The van der Waals surface area contributed by atoms with Crippen LogP contribution in [0.2, 0.25) is 0 Å². The maximum absolute atomic E-state index is 4.89. The quantitative estimate of drug-likeness (QED) is 0.458. The van der Waals surface area contributed by atoms with Crippen molar-refractivity contribution in [3.63, 3.8) is 0 Å². The van der Waals surface area contributed by atoms with Gasteiger partial charge in [0.25, 0.3) is 0 Å². The molecule has 2 heterocycles. The Kier molecular flexibility index (Phi) is 6.49. The van der Waals surface area contributed by atoms with Gasteiger partial charge in [-0.3, -0.25) is 9.89 Å². The van der Waals surface area contributed by atoms with Crippen LogP contribution in [0.1, 0.15) is 26.0 Å². The lowest BCUT2D eigenvalue weighted by molar-refractivity contribution is 0.168. The van der Waals surface area contributed by atoms with Gasteiger partial charge in [-0.2, -0.15) is 0 Å². The molecule has 22 heavy (non-hydrogen) atoms. The van der Waals surface area contributed by atoms with Crippen molar-refractivity contribution in [2.75, 3.05) is 32.7 Å². The molecule has 0 radical (unpaired) electrons. The summed E-state index contributed by atoms with van der Waals surface area (Å²) in [6.07, 6.45) is 2.91. The molecule has 1 aromatic rings. The van der Waals surface area contributed by atoms with Crippen molar-refractivity contribution in [2.24, 2.45) is 10.9 Å². The van der Waals surface area contributed by atoms with Crippen LogP contribution in [0.5, 0.6) is 0 Å². The smallest absolute Gasteiger partial charge is 0.194 e. The molecule has 6 nitrogen and oxygen atoms in total. The highest BCUT2D eigenvalue weighted by atomic mass is 127. The van der Waals surface area contributed by atoms with Crippen molar-refractivity contribution in [1.29, 1.82) is 0 Å². The summed E-state index contributed by atoms with van der Waals surface area (Å²) in [5.74, 6) is 1.88. The standard InChI is InChI=1S/C15H25N5O.HI/c1-3-16-15(17-14-10-12(14)2)20-7-5-19(6-8-20)11-13-4-9-21-18-13;/h4,9,12,14H,3,5-8,10-11H2,1-2H3,(H,16,17);1H. The number of aromatic nitrogens is 1. The van der Waals surface area contributed by atoms with E-state index < -0.39 is 0 Å². The fourth-order valence-corrected chi connectivity index (χ4v) is 2.74. The van der Waals surface area contributed by atoms with Crippen molar-refractivity contribution in [3.8, 4) is 0 Å². The molecule has 2 atom stereocenters. The van der Waals surface area contributed by atoms with Crippen LogP contribution in [0.25, 0.3) is 0 Å². The monoisotopic (exact) mass is 419 g/mol. The van der Waals surface area contributed by atoms with Crippen molar-refractivity contribution < 1.29 is 4.52 Å². The SMILES string of the molecule is CCN=C(NC1CC1C)N1CCN(Cc2ccon2)CC1.I. The summed E-state index contributed by atoms with van der Waals surface area (Å²) in [6, 6.07) is 2.57. The lowest BCUT2D eigenvalue weighted by Gasteiger charge is -2.36. The highest BCUT2D eigenvalue weighted by Gasteiger charge is 2.34. The van der Waals surface area contributed by atoms with Crippen LogP contribution in [0, 0.1) is 5.92 Å². The molecule has 1 aromatic heterocycles. The highest BCUT2D eigenvalue weighted by molar-refractivity contribution is 14.0. The molecule has 1 saturated heterocycles. The Morgan fingerprint density at radius 2 is 2.14 bits per heavy atom. The van der Waals surface area contributed by atoms with E-state index in [1.54, 1.807) is 6.26 Å². The predicted molar refractivity (Wildman–Crippen MR) is 97.4 cm³/mol. The number of halogens is 1. The summed E-state index contributed by atoms with van der Waals surface area (Å²) in [6.45, 7) is 10.2. The fraction of sp³-hybridized carbons (Fsp3) is 0.733. The average Bonchev–Trinajstić information content (AvgIpc) is 2.97. The molecule has 0 spiro atoms. The van der Waals surface area contributed by atoms with E-state index in [-0.39, 0.29) is 24.0 Å². The van der Waals surface area contributed by atoms with Crippen LogP contribution in [0.3, 0.4) is 0 Å². The van der Waals surface area contributed by atoms with E-state index in [1.165, 1.54) is 6.42 Å². The second kappa shape index (κ2) is 8.14. The van der Waals surface area contributed by atoms with Gasteiger partial charge in [0.15, 0.2) is 5.96 Å². The second-order valence-corrected chi connectivity index (χ2v) is 6.02. The third-order valence-electron chi connectivity index (χ3n) is 4.28. The molecule has 1 N–H and O–H groups in total. The Labute approximate surface area is 149 Å². The second-order valence-electron chi connectivity index (χ2n) is 6.02. The molecule has 7 heteroatoms. The molecule has 2 unspecified atom stereocenters. The van der Waals surface area contributed by atoms with Crippen LogP contribution in [-0.2, 0) is 6.54 Å². The molecule has 0 bridgehead atoms. The molecule has 1 aliphatic carbocycles. The summed E-state index contributed by atoms with van der Waals surface area (Å²) < 4.78 is 4.89. The molecule has 124 valence electrons. The number of hydrogen-bond acceptors (Lipinski definition) is 4. The van der Waals surface area contributed by atoms with Gasteiger partial charge in [0.2, 0.25) is 0 Å². The summed E-state index contributed by atoms with van der Waals surface area (Å²) in [7, 11) is 0. The first-order valence-corrected chi connectivity index (χ1v) is 7.93. The van der Waals surface area contributed by atoms with E-state index in [0.717, 1.165) is 56.8 Å². The van der Waals surface area contributed by atoms with Crippen LogP contribution in [-0.4, -0.2) is 59.7 Å². The van der Waals surface area contributed by atoms with Crippen LogP contribution < -0.4 is 5.32 Å². The van der Waals surface area contributed by atoms with Gasteiger partial charge in [-0.25, -0.2) is 0 Å². The van der Waals surface area contributed by atoms with Gasteiger partial charge in [0.1, 0.15) is 6.26 Å². The van der Waals surface area contributed by atoms with Crippen LogP contribution in [0.15, 0.2) is 21.8 Å². The van der Waals surface area contributed by atoms with Crippen LogP contribution >= 0.6 is 24.0 Å². The zero-order valence-electron chi connectivity index (χ0n) is 13.4. The first kappa shape index (κ1) is 17.5. The number of nitrogens with zero attached hydrogens (tertiary/aromatic N) is 4. The van der Waals surface area contributed by atoms with E-state index in [9.17, 15) is 0 Å². The topological polar surface area (TPSA) is 56.9 Å². The van der Waals surface area contributed by atoms with Gasteiger partial charge >= 0.3 is 0 Å². The van der Waals surface area contributed by atoms with Gasteiger partial charge in [-0.15, -0.1) is 24.0 Å². The highest BCUT2D eigenvalue weighted by Crippen LogP contribution is 2.29. The number of piperazine rings is 1. The molecule has 3 rings (SSSR count). The Balaban J connectivity index is 0.00000176. The van der Waals surface area contributed by atoms with Gasteiger partial charge in [-0.1, -0.05) is 12.1 Å². The molecular weight excluding hydrogens is 393 g/mol. The van der Waals surface area contributed by atoms with Gasteiger partial charge in [0.05, 0.1) is 5.69 Å². The third kappa shape index (κ3) is 4.58. The van der Waals surface area contributed by atoms with Gasteiger partial charge in [0, 0.05) is 51.4 Å². The Bertz CT molecular complexity index is 470. The van der Waals surface area contributed by atoms with Crippen molar-refractivity contribution in [1.82, 2.24) is 20.3 Å². The normalized spacial score (nSPS) is 25.7. The third-order valence-corrected chi connectivity index (χ3v) is 4.28. The average molecular weight is 419 g/mol. The fourth-order valence-electron chi connectivity index (χ4n) is 2.74. The van der Waals surface area contributed by atoms with E-state index in [1.807, 2.05) is 6.07 Å². The van der Waals surface area contributed by atoms with Crippen LogP contribution in [0.4, 0.5) is 0 Å².